The number of thiazole rings is 1. The summed E-state index contributed by atoms with van der Waals surface area (Å²) < 4.78 is 7.50. The highest BCUT2D eigenvalue weighted by Crippen LogP contribution is 2.28. The van der Waals surface area contributed by atoms with Crippen LogP contribution in [0.2, 0.25) is 0 Å². The van der Waals surface area contributed by atoms with Gasteiger partial charge in [0.15, 0.2) is 5.82 Å². The second kappa shape index (κ2) is 8.09. The van der Waals surface area contributed by atoms with Crippen LogP contribution in [0.5, 0.6) is 5.75 Å². The Labute approximate surface area is 161 Å². The van der Waals surface area contributed by atoms with Gasteiger partial charge < -0.3 is 10.6 Å². The molecule has 0 spiro atoms. The van der Waals surface area contributed by atoms with Crippen molar-refractivity contribution in [2.24, 2.45) is 0 Å². The first-order chi connectivity index (χ1) is 12.4. The van der Waals surface area contributed by atoms with Crippen LogP contribution in [0.3, 0.4) is 0 Å². The summed E-state index contributed by atoms with van der Waals surface area (Å²) in [5, 5.41) is 12.1. The Morgan fingerprint density at radius 3 is 2.77 bits per heavy atom. The van der Waals surface area contributed by atoms with Crippen molar-refractivity contribution in [1.29, 1.82) is 0 Å². The quantitative estimate of drug-likeness (QED) is 0.485. The number of rotatable bonds is 7. The van der Waals surface area contributed by atoms with Gasteiger partial charge in [0.05, 0.1) is 10.7 Å². The number of nitrogens with zero attached hydrogens (tertiary/aromatic N) is 4. The fourth-order valence-corrected chi connectivity index (χ4v) is 3.99. The summed E-state index contributed by atoms with van der Waals surface area (Å²) in [7, 11) is 0. The zero-order valence-corrected chi connectivity index (χ0v) is 17.0. The molecule has 0 fully saturated rings. The third kappa shape index (κ3) is 4.37. The summed E-state index contributed by atoms with van der Waals surface area (Å²) in [5.74, 6) is 8.71. The summed E-state index contributed by atoms with van der Waals surface area (Å²) >= 11 is 3.16. The first-order valence-corrected chi connectivity index (χ1v) is 10.3. The van der Waals surface area contributed by atoms with Crippen LogP contribution in [0.15, 0.2) is 28.7 Å². The van der Waals surface area contributed by atoms with Crippen LogP contribution in [0, 0.1) is 13.8 Å². The van der Waals surface area contributed by atoms with E-state index in [0.717, 1.165) is 27.8 Å². The van der Waals surface area contributed by atoms with E-state index in [2.05, 4.69) is 53.5 Å². The molecule has 2 aromatic heterocycles. The van der Waals surface area contributed by atoms with Gasteiger partial charge in [0.25, 0.3) is 0 Å². The van der Waals surface area contributed by atoms with Gasteiger partial charge >= 0.3 is 0 Å². The molecule has 0 saturated heterocycles. The molecule has 2 heterocycles. The van der Waals surface area contributed by atoms with Crippen LogP contribution in [-0.2, 0) is 12.4 Å². The molecule has 3 aromatic rings. The van der Waals surface area contributed by atoms with Crippen molar-refractivity contribution in [3.63, 3.8) is 0 Å². The Bertz CT molecular complexity index is 888. The highest BCUT2D eigenvalue weighted by molar-refractivity contribution is 7.98. The highest BCUT2D eigenvalue weighted by atomic mass is 32.2. The van der Waals surface area contributed by atoms with Crippen LogP contribution in [0.25, 0.3) is 0 Å². The van der Waals surface area contributed by atoms with E-state index in [1.54, 1.807) is 11.3 Å². The summed E-state index contributed by atoms with van der Waals surface area (Å²) in [6.07, 6.45) is 0. The van der Waals surface area contributed by atoms with Gasteiger partial charge in [0, 0.05) is 11.1 Å². The van der Waals surface area contributed by atoms with Crippen molar-refractivity contribution in [1.82, 2.24) is 19.9 Å². The van der Waals surface area contributed by atoms with E-state index in [0.29, 0.717) is 16.9 Å². The van der Waals surface area contributed by atoms with Gasteiger partial charge in [-0.3, -0.25) is 0 Å². The maximum atomic E-state index is 6.14. The monoisotopic (exact) mass is 389 g/mol. The number of aryl methyl sites for hydroxylation is 2. The molecule has 0 aliphatic carbocycles. The number of nitrogens with two attached hydrogens (primary N) is 1. The Morgan fingerprint density at radius 1 is 1.27 bits per heavy atom. The van der Waals surface area contributed by atoms with E-state index in [1.807, 2.05) is 13.0 Å². The summed E-state index contributed by atoms with van der Waals surface area (Å²) in [6, 6.07) is 6.26. The first-order valence-electron chi connectivity index (χ1n) is 8.40. The fraction of sp³-hybridized carbons (Fsp3) is 0.389. The molecule has 0 radical (unpaired) electrons. The van der Waals surface area contributed by atoms with Gasteiger partial charge in [-0.15, -0.1) is 21.5 Å². The Kier molecular flexibility index (Phi) is 5.83. The molecule has 0 atom stereocenters. The van der Waals surface area contributed by atoms with Gasteiger partial charge in [0.1, 0.15) is 12.4 Å². The lowest BCUT2D eigenvalue weighted by Gasteiger charge is -2.14. The number of hydrogen-bond acceptors (Lipinski definition) is 7. The van der Waals surface area contributed by atoms with Crippen molar-refractivity contribution in [2.75, 3.05) is 5.84 Å². The number of thioether (sulfide) groups is 1. The number of ether oxygens (including phenoxy) is 1. The average Bonchev–Trinajstić information content (AvgIpc) is 3.16. The van der Waals surface area contributed by atoms with Crippen molar-refractivity contribution in [3.8, 4) is 5.75 Å². The predicted octanol–water partition coefficient (Wildman–Crippen LogP) is 4.06. The minimum Gasteiger partial charge on any atom is -0.485 e. The lowest BCUT2D eigenvalue weighted by Crippen LogP contribution is -2.16. The topological polar surface area (TPSA) is 78.9 Å². The highest BCUT2D eigenvalue weighted by Gasteiger charge is 2.14. The maximum absolute atomic E-state index is 6.14. The van der Waals surface area contributed by atoms with Gasteiger partial charge in [-0.1, -0.05) is 37.7 Å². The van der Waals surface area contributed by atoms with E-state index in [9.17, 15) is 0 Å². The van der Waals surface area contributed by atoms with Crippen LogP contribution < -0.4 is 10.6 Å². The van der Waals surface area contributed by atoms with Crippen LogP contribution in [0.1, 0.15) is 47.4 Å². The second-order valence-electron chi connectivity index (χ2n) is 6.40. The molecule has 6 nitrogen and oxygen atoms in total. The van der Waals surface area contributed by atoms with Gasteiger partial charge in [-0.25, -0.2) is 9.66 Å². The third-order valence-corrected chi connectivity index (χ3v) is 5.70. The van der Waals surface area contributed by atoms with E-state index in [1.165, 1.54) is 22.0 Å². The predicted molar refractivity (Wildman–Crippen MR) is 106 cm³/mol. The zero-order valence-electron chi connectivity index (χ0n) is 15.4. The van der Waals surface area contributed by atoms with Gasteiger partial charge in [-0.2, -0.15) is 0 Å². The zero-order chi connectivity index (χ0) is 18.7. The molecule has 0 bridgehead atoms. The number of nitrogen functional groups attached to an aromatic ring is 1. The molecule has 2 N–H and O–H groups in total. The molecular weight excluding hydrogens is 366 g/mol. The molecule has 1 aromatic carbocycles. The van der Waals surface area contributed by atoms with E-state index < -0.39 is 0 Å². The SMILES string of the molecule is Cc1ccc(C(C)C)c(OCc2nnc(SCc3csc(C)n3)n2N)c1. The van der Waals surface area contributed by atoms with Crippen molar-refractivity contribution in [3.05, 3.63) is 51.2 Å². The molecule has 3 rings (SSSR count). The fourth-order valence-electron chi connectivity index (χ4n) is 2.50. The van der Waals surface area contributed by atoms with E-state index >= 15 is 0 Å². The molecule has 0 saturated carbocycles. The van der Waals surface area contributed by atoms with Crippen LogP contribution >= 0.6 is 23.1 Å². The maximum Gasteiger partial charge on any atom is 0.210 e. The van der Waals surface area contributed by atoms with Crippen LogP contribution in [0.4, 0.5) is 0 Å². The molecule has 0 unspecified atom stereocenters. The van der Waals surface area contributed by atoms with Gasteiger partial charge in [0.2, 0.25) is 5.16 Å². The Hall–Kier alpha value is -2.06. The third-order valence-electron chi connectivity index (χ3n) is 3.90. The second-order valence-corrected chi connectivity index (χ2v) is 8.40. The summed E-state index contributed by atoms with van der Waals surface area (Å²) in [5.41, 5.74) is 3.36. The minimum atomic E-state index is 0.281. The Morgan fingerprint density at radius 2 is 2.08 bits per heavy atom. The molecule has 26 heavy (non-hydrogen) atoms. The molecule has 138 valence electrons. The van der Waals surface area contributed by atoms with E-state index in [-0.39, 0.29) is 6.61 Å². The van der Waals surface area contributed by atoms with E-state index in [4.69, 9.17) is 10.6 Å². The van der Waals surface area contributed by atoms with Crippen molar-refractivity contribution in [2.45, 2.75) is 51.1 Å². The van der Waals surface area contributed by atoms with Crippen molar-refractivity contribution < 1.29 is 4.74 Å². The van der Waals surface area contributed by atoms with Crippen molar-refractivity contribution >= 4 is 23.1 Å². The molecule has 0 aliphatic rings. The lowest BCUT2D eigenvalue weighted by atomic mass is 10.0. The summed E-state index contributed by atoms with van der Waals surface area (Å²) in [4.78, 5) is 4.45. The molecular formula is C18H23N5OS2. The lowest BCUT2D eigenvalue weighted by molar-refractivity contribution is 0.287. The number of aromatic nitrogens is 4. The van der Waals surface area contributed by atoms with Crippen LogP contribution in [-0.4, -0.2) is 19.9 Å². The molecule has 0 amide bonds. The molecule has 0 aliphatic heterocycles. The standard InChI is InChI=1S/C18H23N5OS2/c1-11(2)15-6-5-12(3)7-16(15)24-8-17-21-22-18(23(17)19)26-10-14-9-25-13(4)20-14/h5-7,9,11H,8,10,19H2,1-4H3. The normalized spacial score (nSPS) is 11.3. The Balaban J connectivity index is 1.66. The number of hydrogen-bond donors (Lipinski definition) is 1. The van der Waals surface area contributed by atoms with Gasteiger partial charge in [-0.05, 0) is 37.0 Å². The molecule has 8 heteroatoms. The smallest absolute Gasteiger partial charge is 0.210 e. The largest absolute Gasteiger partial charge is 0.485 e. The average molecular weight is 390 g/mol. The minimum absolute atomic E-state index is 0.281. The summed E-state index contributed by atoms with van der Waals surface area (Å²) in [6.45, 7) is 8.63. The number of benzene rings is 1. The first kappa shape index (κ1) is 18.7.